The summed E-state index contributed by atoms with van der Waals surface area (Å²) in [4.78, 5) is 39.4. The first kappa shape index (κ1) is 17.0. The van der Waals surface area contributed by atoms with Gasteiger partial charge in [0, 0.05) is 44.1 Å². The highest BCUT2D eigenvalue weighted by Crippen LogP contribution is 2.22. The molecule has 2 aromatic rings. The molecule has 25 heavy (non-hydrogen) atoms. The molecule has 2 heterocycles. The molecule has 2 N–H and O–H groups in total. The van der Waals surface area contributed by atoms with Crippen LogP contribution in [0.2, 0.25) is 0 Å². The minimum Gasteiger partial charge on any atom is -0.461 e. The van der Waals surface area contributed by atoms with Gasteiger partial charge in [0.2, 0.25) is 11.8 Å². The lowest BCUT2D eigenvalue weighted by atomic mass is 10.1. The molecule has 132 valence electrons. The van der Waals surface area contributed by atoms with Gasteiger partial charge in [-0.05, 0) is 31.2 Å². The summed E-state index contributed by atoms with van der Waals surface area (Å²) in [6.07, 6.45) is 0. The molecule has 3 rings (SSSR count). The zero-order valence-corrected chi connectivity index (χ0v) is 14.3. The summed E-state index contributed by atoms with van der Waals surface area (Å²) in [5.74, 6) is -0.615. The van der Waals surface area contributed by atoms with Crippen LogP contribution in [0.25, 0.3) is 11.0 Å². The average Bonchev–Trinajstić information content (AvgIpc) is 2.78. The number of aryl methyl sites for hydroxylation is 1. The van der Waals surface area contributed by atoms with E-state index in [4.69, 9.17) is 10.2 Å². The third-order valence-electron chi connectivity index (χ3n) is 4.54. The Morgan fingerprint density at radius 3 is 2.48 bits per heavy atom. The van der Waals surface area contributed by atoms with Crippen LogP contribution in [-0.4, -0.2) is 53.7 Å². The topological polar surface area (TPSA) is 96.8 Å². The number of amides is 3. The number of carbonyl (C=O) groups excluding carboxylic acids is 3. The normalized spacial score (nSPS) is 18.2. The van der Waals surface area contributed by atoms with Crippen molar-refractivity contribution in [1.82, 2.24) is 9.80 Å². The Labute approximate surface area is 145 Å². The molecule has 1 saturated heterocycles. The van der Waals surface area contributed by atoms with Gasteiger partial charge >= 0.3 is 0 Å². The fraction of sp³-hybridized carbons (Fsp3) is 0.389. The molecule has 0 radical (unpaired) electrons. The number of hydrogen-bond acceptors (Lipinski definition) is 4. The number of rotatable bonds is 2. The number of nitrogens with two attached hydrogens (primary N) is 1. The zero-order chi connectivity index (χ0) is 18.1. The van der Waals surface area contributed by atoms with E-state index in [-0.39, 0.29) is 24.9 Å². The molecule has 0 spiro atoms. The van der Waals surface area contributed by atoms with Crippen molar-refractivity contribution in [3.8, 4) is 0 Å². The highest BCUT2D eigenvalue weighted by Gasteiger charge is 2.30. The molecule has 1 aromatic carbocycles. The van der Waals surface area contributed by atoms with Crippen LogP contribution in [0.1, 0.15) is 23.0 Å². The first-order valence-electron chi connectivity index (χ1n) is 8.19. The van der Waals surface area contributed by atoms with E-state index in [2.05, 4.69) is 0 Å². The minimum absolute atomic E-state index is 0.129. The lowest BCUT2D eigenvalue weighted by Crippen LogP contribution is -2.40. The molecule has 7 heteroatoms. The Morgan fingerprint density at radius 1 is 1.12 bits per heavy atom. The van der Waals surface area contributed by atoms with E-state index < -0.39 is 11.8 Å². The van der Waals surface area contributed by atoms with Gasteiger partial charge in [0.15, 0.2) is 0 Å². The molecule has 1 aliphatic rings. The van der Waals surface area contributed by atoms with Gasteiger partial charge in [-0.1, -0.05) is 0 Å². The summed E-state index contributed by atoms with van der Waals surface area (Å²) >= 11 is 0. The summed E-state index contributed by atoms with van der Waals surface area (Å²) in [7, 11) is 0. The first-order valence-corrected chi connectivity index (χ1v) is 8.19. The predicted octanol–water partition coefficient (Wildman–Crippen LogP) is 1.15. The quantitative estimate of drug-likeness (QED) is 0.884. The van der Waals surface area contributed by atoms with Crippen molar-refractivity contribution in [2.75, 3.05) is 26.2 Å². The fourth-order valence-electron chi connectivity index (χ4n) is 3.16. The standard InChI is InChI=1S/C18H21N3O4/c1-11-7-14-8-13(3-4-16(14)25-11)18(24)21-6-5-20(12(2)22)9-15(10-21)17(19)23/h3-4,7-8,15H,5-6,9-10H2,1-2H3,(H2,19,23)/t15-/m0/s1. The van der Waals surface area contributed by atoms with Crippen LogP contribution >= 0.6 is 0 Å². The number of hydrogen-bond donors (Lipinski definition) is 1. The molecule has 0 saturated carbocycles. The van der Waals surface area contributed by atoms with Crippen LogP contribution in [0.15, 0.2) is 28.7 Å². The van der Waals surface area contributed by atoms with Crippen LogP contribution in [0.4, 0.5) is 0 Å². The maximum Gasteiger partial charge on any atom is 0.253 e. The third kappa shape index (κ3) is 3.50. The lowest BCUT2D eigenvalue weighted by Gasteiger charge is -2.22. The molecule has 1 fully saturated rings. The van der Waals surface area contributed by atoms with E-state index in [9.17, 15) is 14.4 Å². The van der Waals surface area contributed by atoms with Gasteiger partial charge in [-0.25, -0.2) is 0 Å². The minimum atomic E-state index is -0.574. The van der Waals surface area contributed by atoms with E-state index in [1.807, 2.05) is 13.0 Å². The number of fused-ring (bicyclic) bond motifs is 1. The molecule has 0 unspecified atom stereocenters. The van der Waals surface area contributed by atoms with Crippen molar-refractivity contribution in [2.24, 2.45) is 11.7 Å². The second kappa shape index (κ2) is 6.58. The second-order valence-electron chi connectivity index (χ2n) is 6.43. The molecule has 1 aliphatic heterocycles. The molecule has 3 amide bonds. The number of primary amides is 1. The smallest absolute Gasteiger partial charge is 0.253 e. The molecule has 7 nitrogen and oxygen atoms in total. The summed E-state index contributed by atoms with van der Waals surface area (Å²) < 4.78 is 5.53. The van der Waals surface area contributed by atoms with Crippen molar-refractivity contribution in [3.63, 3.8) is 0 Å². The maximum absolute atomic E-state index is 12.9. The Bertz CT molecular complexity index is 842. The Hall–Kier alpha value is -2.83. The van der Waals surface area contributed by atoms with Crippen molar-refractivity contribution in [1.29, 1.82) is 0 Å². The Balaban J connectivity index is 1.85. The summed E-state index contributed by atoms with van der Waals surface area (Å²) in [6.45, 7) is 4.51. The van der Waals surface area contributed by atoms with Gasteiger partial charge in [-0.15, -0.1) is 0 Å². The molecular weight excluding hydrogens is 322 g/mol. The van der Waals surface area contributed by atoms with E-state index in [1.54, 1.807) is 28.0 Å². The Kier molecular flexibility index (Phi) is 4.48. The number of benzene rings is 1. The van der Waals surface area contributed by atoms with Gasteiger partial charge in [0.05, 0.1) is 5.92 Å². The first-order chi connectivity index (χ1) is 11.8. The van der Waals surface area contributed by atoms with E-state index >= 15 is 0 Å². The van der Waals surface area contributed by atoms with Crippen LogP contribution in [0.3, 0.4) is 0 Å². The van der Waals surface area contributed by atoms with Crippen LogP contribution in [0.5, 0.6) is 0 Å². The zero-order valence-electron chi connectivity index (χ0n) is 14.3. The molecule has 0 aliphatic carbocycles. The Morgan fingerprint density at radius 2 is 1.80 bits per heavy atom. The van der Waals surface area contributed by atoms with Gasteiger partial charge in [0.1, 0.15) is 11.3 Å². The van der Waals surface area contributed by atoms with Gasteiger partial charge in [-0.2, -0.15) is 0 Å². The van der Waals surface area contributed by atoms with Gasteiger partial charge in [0.25, 0.3) is 5.91 Å². The van der Waals surface area contributed by atoms with Gasteiger partial charge in [-0.3, -0.25) is 14.4 Å². The van der Waals surface area contributed by atoms with Crippen LogP contribution in [-0.2, 0) is 9.59 Å². The van der Waals surface area contributed by atoms with E-state index in [1.165, 1.54) is 6.92 Å². The van der Waals surface area contributed by atoms with Crippen LogP contribution < -0.4 is 5.73 Å². The molecule has 1 aromatic heterocycles. The average molecular weight is 343 g/mol. The number of furan rings is 1. The number of carbonyl (C=O) groups is 3. The monoisotopic (exact) mass is 343 g/mol. The van der Waals surface area contributed by atoms with Gasteiger partial charge < -0.3 is 20.0 Å². The largest absolute Gasteiger partial charge is 0.461 e. The summed E-state index contributed by atoms with van der Waals surface area (Å²) in [5, 5.41) is 0.856. The highest BCUT2D eigenvalue weighted by molar-refractivity contribution is 5.98. The van der Waals surface area contributed by atoms with Crippen molar-refractivity contribution in [2.45, 2.75) is 13.8 Å². The van der Waals surface area contributed by atoms with E-state index in [0.29, 0.717) is 18.7 Å². The fourth-order valence-corrected chi connectivity index (χ4v) is 3.16. The van der Waals surface area contributed by atoms with E-state index in [0.717, 1.165) is 16.7 Å². The third-order valence-corrected chi connectivity index (χ3v) is 4.54. The summed E-state index contributed by atoms with van der Waals surface area (Å²) in [5.41, 5.74) is 6.70. The number of nitrogens with zero attached hydrogens (tertiary/aromatic N) is 2. The maximum atomic E-state index is 12.9. The lowest BCUT2D eigenvalue weighted by molar-refractivity contribution is -0.130. The SMILES string of the molecule is CC(=O)N1CCN(C(=O)c2ccc3oc(C)cc3c2)C[C@@H](C(N)=O)C1. The second-order valence-corrected chi connectivity index (χ2v) is 6.43. The van der Waals surface area contributed by atoms with Crippen LogP contribution in [0, 0.1) is 12.8 Å². The van der Waals surface area contributed by atoms with Crippen molar-refractivity contribution >= 4 is 28.7 Å². The predicted molar refractivity (Wildman–Crippen MR) is 91.8 cm³/mol. The molecule has 0 bridgehead atoms. The molecule has 1 atom stereocenters. The summed E-state index contributed by atoms with van der Waals surface area (Å²) in [6, 6.07) is 7.13. The van der Waals surface area contributed by atoms with Crippen molar-refractivity contribution < 1.29 is 18.8 Å². The molecular formula is C18H21N3O4. The van der Waals surface area contributed by atoms with Crippen molar-refractivity contribution in [3.05, 3.63) is 35.6 Å². The highest BCUT2D eigenvalue weighted by atomic mass is 16.3.